The summed E-state index contributed by atoms with van der Waals surface area (Å²) in [6.07, 6.45) is 5.76. The summed E-state index contributed by atoms with van der Waals surface area (Å²) < 4.78 is 1.10. The van der Waals surface area contributed by atoms with E-state index in [2.05, 4.69) is 32.7 Å². The normalized spacial score (nSPS) is 31.3. The van der Waals surface area contributed by atoms with Gasteiger partial charge >= 0.3 is 0 Å². The molecule has 6 heteroatoms. The smallest absolute Gasteiger partial charge is 0.223 e. The molecular weight excluding hydrogens is 364 g/mol. The Kier molecular flexibility index (Phi) is 4.88. The highest BCUT2D eigenvalue weighted by molar-refractivity contribution is 9.11. The Labute approximate surface area is 143 Å². The summed E-state index contributed by atoms with van der Waals surface area (Å²) in [5.41, 5.74) is 6.76. The molecule has 2 saturated carbocycles. The molecule has 2 fully saturated rings. The molecule has 120 valence electrons. The lowest BCUT2D eigenvalue weighted by atomic mass is 9.94. The summed E-state index contributed by atoms with van der Waals surface area (Å²) in [5, 5.41) is 5.22. The second-order valence-electron chi connectivity index (χ2n) is 6.39. The number of carbonyl (C=O) groups excluding carboxylic acids is 2. The average Bonchev–Trinajstić information content (AvgIpc) is 3.20. The van der Waals surface area contributed by atoms with Crippen LogP contribution in [0.1, 0.15) is 50.0 Å². The van der Waals surface area contributed by atoms with Crippen molar-refractivity contribution in [3.63, 3.8) is 0 Å². The highest BCUT2D eigenvalue weighted by Gasteiger charge is 2.45. The maximum atomic E-state index is 12.5. The summed E-state index contributed by atoms with van der Waals surface area (Å²) in [4.78, 5) is 24.1. The number of nitrogens with one attached hydrogen (secondary N) is 1. The minimum atomic E-state index is -0.277. The Hall–Kier alpha value is -0.880. The zero-order valence-corrected chi connectivity index (χ0v) is 14.8. The van der Waals surface area contributed by atoms with Crippen LogP contribution in [0.15, 0.2) is 15.2 Å². The van der Waals surface area contributed by atoms with E-state index in [0.717, 1.165) is 42.3 Å². The fourth-order valence-electron chi connectivity index (χ4n) is 3.48. The van der Waals surface area contributed by atoms with Gasteiger partial charge in [0.2, 0.25) is 11.8 Å². The predicted octanol–water partition coefficient (Wildman–Crippen LogP) is 3.16. The summed E-state index contributed by atoms with van der Waals surface area (Å²) in [6.45, 7) is 0. The Morgan fingerprint density at radius 2 is 2.00 bits per heavy atom. The molecule has 0 aromatic carbocycles. The number of hydrogen-bond acceptors (Lipinski definition) is 3. The van der Waals surface area contributed by atoms with E-state index in [9.17, 15) is 9.59 Å². The minimum Gasteiger partial charge on any atom is -0.369 e. The van der Waals surface area contributed by atoms with Crippen LogP contribution in [-0.2, 0) is 9.59 Å². The van der Waals surface area contributed by atoms with Crippen LogP contribution in [0, 0.1) is 11.8 Å². The first-order chi connectivity index (χ1) is 10.6. The number of primary amides is 1. The van der Waals surface area contributed by atoms with Crippen molar-refractivity contribution >= 4 is 39.1 Å². The van der Waals surface area contributed by atoms with E-state index in [1.807, 2.05) is 0 Å². The predicted molar refractivity (Wildman–Crippen MR) is 90.6 cm³/mol. The molecule has 4 nitrogen and oxygen atoms in total. The largest absolute Gasteiger partial charge is 0.369 e. The lowest BCUT2D eigenvalue weighted by molar-refractivity contribution is -0.126. The van der Waals surface area contributed by atoms with Crippen molar-refractivity contribution in [2.75, 3.05) is 0 Å². The number of nitrogens with two attached hydrogens (primary N) is 1. The van der Waals surface area contributed by atoms with Gasteiger partial charge < -0.3 is 11.1 Å². The number of carbonyl (C=O) groups is 2. The molecule has 2 unspecified atom stereocenters. The molecule has 2 aliphatic carbocycles. The maximum absolute atomic E-state index is 12.5. The Morgan fingerprint density at radius 1 is 1.23 bits per heavy atom. The van der Waals surface area contributed by atoms with Crippen molar-refractivity contribution in [2.45, 2.75) is 50.5 Å². The van der Waals surface area contributed by atoms with Crippen molar-refractivity contribution in [1.82, 2.24) is 5.32 Å². The Balaban J connectivity index is 1.60. The second-order valence-corrected chi connectivity index (χ2v) is 8.69. The topological polar surface area (TPSA) is 72.2 Å². The Bertz CT molecular complexity index is 574. The van der Waals surface area contributed by atoms with E-state index in [-0.39, 0.29) is 29.7 Å². The van der Waals surface area contributed by atoms with Crippen LogP contribution in [0.3, 0.4) is 0 Å². The third-order valence-corrected chi connectivity index (χ3v) is 6.37. The van der Waals surface area contributed by atoms with Crippen molar-refractivity contribution in [3.8, 4) is 0 Å². The lowest BCUT2D eigenvalue weighted by Crippen LogP contribution is -2.45. The summed E-state index contributed by atoms with van der Waals surface area (Å²) >= 11 is 5.12. The van der Waals surface area contributed by atoms with Gasteiger partial charge in [0.15, 0.2) is 0 Å². The number of hydrogen-bond donors (Lipinski definition) is 2. The fourth-order valence-corrected chi connectivity index (χ4v) is 4.72. The van der Waals surface area contributed by atoms with E-state index < -0.39 is 0 Å². The first-order valence-corrected chi connectivity index (χ1v) is 9.57. The van der Waals surface area contributed by atoms with Crippen LogP contribution in [0.4, 0.5) is 0 Å². The molecule has 1 heterocycles. The molecular formula is C16H21BrN2O2S. The first kappa shape index (κ1) is 16.0. The zero-order chi connectivity index (χ0) is 15.7. The summed E-state index contributed by atoms with van der Waals surface area (Å²) in [5.74, 6) is -0.00985. The molecule has 0 aliphatic heterocycles. The van der Waals surface area contributed by atoms with Gasteiger partial charge in [0.1, 0.15) is 0 Å². The molecule has 3 N–H and O–H groups in total. The van der Waals surface area contributed by atoms with Gasteiger partial charge in [0, 0.05) is 12.0 Å². The average molecular weight is 385 g/mol. The number of amides is 2. The van der Waals surface area contributed by atoms with Crippen LogP contribution in [-0.4, -0.2) is 17.9 Å². The summed E-state index contributed by atoms with van der Waals surface area (Å²) in [6, 6.07) is 2.02. The monoisotopic (exact) mass is 384 g/mol. The first-order valence-electron chi connectivity index (χ1n) is 7.90. The van der Waals surface area contributed by atoms with Crippen LogP contribution in [0.5, 0.6) is 0 Å². The van der Waals surface area contributed by atoms with Crippen molar-refractivity contribution in [2.24, 2.45) is 17.6 Å². The van der Waals surface area contributed by atoms with E-state index in [1.54, 1.807) is 11.3 Å². The van der Waals surface area contributed by atoms with Gasteiger partial charge in [-0.05, 0) is 58.1 Å². The maximum Gasteiger partial charge on any atom is 0.223 e. The van der Waals surface area contributed by atoms with E-state index >= 15 is 0 Å². The van der Waals surface area contributed by atoms with E-state index in [4.69, 9.17) is 5.73 Å². The zero-order valence-electron chi connectivity index (χ0n) is 12.4. The van der Waals surface area contributed by atoms with Gasteiger partial charge in [-0.25, -0.2) is 0 Å². The molecule has 0 bridgehead atoms. The number of thiophene rings is 1. The highest BCUT2D eigenvalue weighted by atomic mass is 79.9. The van der Waals surface area contributed by atoms with Crippen LogP contribution in [0.25, 0.3) is 0 Å². The summed E-state index contributed by atoms with van der Waals surface area (Å²) in [7, 11) is 0. The molecule has 0 spiro atoms. The van der Waals surface area contributed by atoms with E-state index in [0.29, 0.717) is 5.92 Å². The lowest BCUT2D eigenvalue weighted by Gasteiger charge is -2.23. The SMILES string of the molecule is NC(=O)C1CCCCCC1NC(=O)[C@@H]1C[C@H]1c1csc(Br)c1. The van der Waals surface area contributed by atoms with Crippen LogP contribution < -0.4 is 11.1 Å². The molecule has 3 rings (SSSR count). The number of halogens is 1. The van der Waals surface area contributed by atoms with Gasteiger partial charge in [-0.15, -0.1) is 11.3 Å². The third kappa shape index (κ3) is 3.54. The van der Waals surface area contributed by atoms with Crippen LogP contribution >= 0.6 is 27.3 Å². The second kappa shape index (κ2) is 6.71. The van der Waals surface area contributed by atoms with Gasteiger partial charge in [-0.1, -0.05) is 19.3 Å². The standard InChI is InChI=1S/C16H21BrN2O2S/c17-14-6-9(8-22-14)11-7-12(11)16(21)19-13-5-3-1-2-4-10(13)15(18)20/h6,8,10-13H,1-5,7H2,(H2,18,20)(H,19,21)/t10?,11-,12+,13?/m0/s1. The molecule has 22 heavy (non-hydrogen) atoms. The molecule has 2 aliphatic rings. The highest BCUT2D eigenvalue weighted by Crippen LogP contribution is 2.49. The van der Waals surface area contributed by atoms with Crippen molar-refractivity contribution in [3.05, 3.63) is 20.8 Å². The molecule has 1 aromatic heterocycles. The van der Waals surface area contributed by atoms with Gasteiger partial charge in [0.25, 0.3) is 0 Å². The minimum absolute atomic E-state index is 0.0540. The Morgan fingerprint density at radius 3 is 2.68 bits per heavy atom. The van der Waals surface area contributed by atoms with Gasteiger partial charge in [0.05, 0.1) is 9.70 Å². The molecule has 0 radical (unpaired) electrons. The van der Waals surface area contributed by atoms with Crippen molar-refractivity contribution in [1.29, 1.82) is 0 Å². The number of rotatable bonds is 4. The molecule has 2 amide bonds. The van der Waals surface area contributed by atoms with Crippen LogP contribution in [0.2, 0.25) is 0 Å². The molecule has 0 saturated heterocycles. The quantitative estimate of drug-likeness (QED) is 0.782. The third-order valence-electron chi connectivity index (χ3n) is 4.85. The molecule has 1 aromatic rings. The van der Waals surface area contributed by atoms with Crippen molar-refractivity contribution < 1.29 is 9.59 Å². The van der Waals surface area contributed by atoms with Gasteiger partial charge in [-0.3, -0.25) is 9.59 Å². The van der Waals surface area contributed by atoms with Gasteiger partial charge in [-0.2, -0.15) is 0 Å². The fraction of sp³-hybridized carbons (Fsp3) is 0.625. The molecule has 4 atom stereocenters. The van der Waals surface area contributed by atoms with E-state index in [1.165, 1.54) is 5.56 Å².